The van der Waals surface area contributed by atoms with E-state index in [1.807, 2.05) is 32.0 Å². The van der Waals surface area contributed by atoms with Gasteiger partial charge in [-0.2, -0.15) is 5.10 Å². The van der Waals surface area contributed by atoms with Crippen LogP contribution in [0.3, 0.4) is 0 Å². The molecule has 2 aliphatic carbocycles. The molecule has 1 atom stereocenters. The SMILES string of the molecule is CC(=O)OC(CC(=O)OC1CCC(Nc2cc(-n3nc(C)c4c3CCCC4=O)ccc2C(N)=O)CC1)CN(C)C. The summed E-state index contributed by atoms with van der Waals surface area (Å²) in [6.07, 6.45) is 4.11. The van der Waals surface area contributed by atoms with Gasteiger partial charge in [-0.05, 0) is 77.7 Å². The predicted octanol–water partition coefficient (Wildman–Crippen LogP) is 2.95. The molecule has 1 aromatic heterocycles. The van der Waals surface area contributed by atoms with Crippen LogP contribution in [0.15, 0.2) is 18.2 Å². The van der Waals surface area contributed by atoms with Gasteiger partial charge in [0.05, 0.1) is 34.6 Å². The van der Waals surface area contributed by atoms with Crippen LogP contribution in [0.4, 0.5) is 5.69 Å². The summed E-state index contributed by atoms with van der Waals surface area (Å²) in [5.41, 5.74) is 9.74. The summed E-state index contributed by atoms with van der Waals surface area (Å²) in [6.45, 7) is 3.61. The molecular formula is C29H39N5O6. The summed E-state index contributed by atoms with van der Waals surface area (Å²) in [5.74, 6) is -1.23. The monoisotopic (exact) mass is 553 g/mol. The van der Waals surface area contributed by atoms with Crippen LogP contribution in [0.1, 0.15) is 84.0 Å². The van der Waals surface area contributed by atoms with Gasteiger partial charge in [-0.1, -0.05) is 0 Å². The van der Waals surface area contributed by atoms with E-state index >= 15 is 0 Å². The van der Waals surface area contributed by atoms with Gasteiger partial charge in [0.2, 0.25) is 0 Å². The van der Waals surface area contributed by atoms with E-state index in [1.54, 1.807) is 16.8 Å². The van der Waals surface area contributed by atoms with Gasteiger partial charge in [-0.25, -0.2) is 4.68 Å². The minimum atomic E-state index is -0.556. The third kappa shape index (κ3) is 7.07. The number of aryl methyl sites for hydroxylation is 1. The van der Waals surface area contributed by atoms with Crippen molar-refractivity contribution < 1.29 is 28.7 Å². The summed E-state index contributed by atoms with van der Waals surface area (Å²) in [7, 11) is 3.69. The number of likely N-dealkylation sites (N-methyl/N-ethyl adjacent to an activating group) is 1. The van der Waals surface area contributed by atoms with Crippen molar-refractivity contribution in [1.82, 2.24) is 14.7 Å². The second-order valence-electron chi connectivity index (χ2n) is 11.0. The lowest BCUT2D eigenvalue weighted by Gasteiger charge is -2.30. The van der Waals surface area contributed by atoms with Crippen molar-refractivity contribution in [2.75, 3.05) is 26.0 Å². The Hall–Kier alpha value is -3.73. The van der Waals surface area contributed by atoms with E-state index in [9.17, 15) is 19.2 Å². The molecule has 1 amide bonds. The second-order valence-corrected chi connectivity index (χ2v) is 11.0. The number of benzene rings is 1. The number of ketones is 1. The number of nitrogens with one attached hydrogen (secondary N) is 1. The molecule has 1 unspecified atom stereocenters. The topological polar surface area (TPSA) is 146 Å². The molecule has 1 saturated carbocycles. The highest BCUT2D eigenvalue weighted by atomic mass is 16.6. The van der Waals surface area contributed by atoms with E-state index in [0.29, 0.717) is 48.3 Å². The third-order valence-corrected chi connectivity index (χ3v) is 7.39. The van der Waals surface area contributed by atoms with E-state index in [-0.39, 0.29) is 30.3 Å². The first-order valence-corrected chi connectivity index (χ1v) is 13.9. The molecular weight excluding hydrogens is 514 g/mol. The van der Waals surface area contributed by atoms with Crippen LogP contribution < -0.4 is 11.1 Å². The average molecular weight is 554 g/mol. The fourth-order valence-corrected chi connectivity index (χ4v) is 5.67. The standard InChI is InChI=1S/C29H39N5O6/c1-17-28-25(6-5-7-26(28)36)34(32-17)20-10-13-23(29(30)38)24(14-20)31-19-8-11-21(12-9-19)40-27(37)15-22(16-33(3)4)39-18(2)35/h10,13-14,19,21-22,31H,5-9,11-12,15-16H2,1-4H3,(H2,30,38). The van der Waals surface area contributed by atoms with Crippen molar-refractivity contribution in [3.63, 3.8) is 0 Å². The van der Waals surface area contributed by atoms with Gasteiger partial charge < -0.3 is 25.4 Å². The van der Waals surface area contributed by atoms with Crippen molar-refractivity contribution in [3.05, 3.63) is 40.7 Å². The van der Waals surface area contributed by atoms with Crippen LogP contribution in [0, 0.1) is 6.92 Å². The van der Waals surface area contributed by atoms with Crippen LogP contribution in [0.2, 0.25) is 0 Å². The number of fused-ring (bicyclic) bond motifs is 1. The molecule has 0 radical (unpaired) electrons. The molecule has 0 saturated heterocycles. The largest absolute Gasteiger partial charge is 0.462 e. The Morgan fingerprint density at radius 2 is 1.90 bits per heavy atom. The molecule has 40 heavy (non-hydrogen) atoms. The zero-order valence-electron chi connectivity index (χ0n) is 23.7. The quantitative estimate of drug-likeness (QED) is 0.424. The van der Waals surface area contributed by atoms with Crippen molar-refractivity contribution >= 4 is 29.3 Å². The van der Waals surface area contributed by atoms with Crippen LogP contribution >= 0.6 is 0 Å². The van der Waals surface area contributed by atoms with Crippen LogP contribution in [0.25, 0.3) is 5.69 Å². The first-order valence-electron chi connectivity index (χ1n) is 13.9. The normalized spacial score (nSPS) is 19.6. The molecule has 1 heterocycles. The molecule has 11 nitrogen and oxygen atoms in total. The number of carbonyl (C=O) groups excluding carboxylic acids is 4. The number of anilines is 1. The average Bonchev–Trinajstić information content (AvgIpc) is 3.21. The molecule has 0 aliphatic heterocycles. The number of esters is 2. The molecule has 0 bridgehead atoms. The Labute approximate surface area is 234 Å². The number of primary amides is 1. The third-order valence-electron chi connectivity index (χ3n) is 7.39. The maximum Gasteiger partial charge on any atom is 0.309 e. The van der Waals surface area contributed by atoms with Gasteiger partial charge in [0.1, 0.15) is 12.2 Å². The van der Waals surface area contributed by atoms with E-state index in [2.05, 4.69) is 10.4 Å². The number of nitrogens with zero attached hydrogens (tertiary/aromatic N) is 3. The van der Waals surface area contributed by atoms with E-state index < -0.39 is 18.0 Å². The molecule has 2 aliphatic rings. The fourth-order valence-electron chi connectivity index (χ4n) is 5.67. The lowest BCUT2D eigenvalue weighted by molar-refractivity contribution is -0.158. The smallest absolute Gasteiger partial charge is 0.309 e. The predicted molar refractivity (Wildman–Crippen MR) is 149 cm³/mol. The maximum atomic E-state index is 12.5. The van der Waals surface area contributed by atoms with Crippen LogP contribution in [-0.2, 0) is 25.5 Å². The van der Waals surface area contributed by atoms with Crippen molar-refractivity contribution in [1.29, 1.82) is 0 Å². The van der Waals surface area contributed by atoms with Crippen molar-refractivity contribution in [3.8, 4) is 5.69 Å². The Kier molecular flexibility index (Phi) is 9.24. The number of hydrogen-bond donors (Lipinski definition) is 2. The minimum Gasteiger partial charge on any atom is -0.462 e. The Balaban J connectivity index is 1.40. The van der Waals surface area contributed by atoms with E-state index in [0.717, 1.165) is 37.1 Å². The summed E-state index contributed by atoms with van der Waals surface area (Å²) >= 11 is 0. The van der Waals surface area contributed by atoms with Gasteiger partial charge in [0.15, 0.2) is 5.78 Å². The highest BCUT2D eigenvalue weighted by Crippen LogP contribution is 2.30. The number of hydrogen-bond acceptors (Lipinski definition) is 9. The first-order chi connectivity index (χ1) is 19.0. The molecule has 2 aromatic rings. The maximum absolute atomic E-state index is 12.5. The molecule has 1 aromatic carbocycles. The van der Waals surface area contributed by atoms with Gasteiger partial charge in [0.25, 0.3) is 5.91 Å². The lowest BCUT2D eigenvalue weighted by atomic mass is 9.92. The number of ether oxygens (including phenoxy) is 2. The molecule has 4 rings (SSSR count). The summed E-state index contributed by atoms with van der Waals surface area (Å²) < 4.78 is 12.8. The van der Waals surface area contributed by atoms with E-state index in [1.165, 1.54) is 6.92 Å². The zero-order valence-corrected chi connectivity index (χ0v) is 23.7. The second kappa shape index (κ2) is 12.6. The molecule has 0 spiro atoms. The van der Waals surface area contributed by atoms with Crippen molar-refractivity contribution in [2.45, 2.75) is 83.5 Å². The Bertz CT molecular complexity index is 1280. The molecule has 3 N–H and O–H groups in total. The van der Waals surface area contributed by atoms with E-state index in [4.69, 9.17) is 15.2 Å². The van der Waals surface area contributed by atoms with Crippen LogP contribution in [0.5, 0.6) is 0 Å². The molecule has 1 fully saturated rings. The van der Waals surface area contributed by atoms with Crippen LogP contribution in [-0.4, -0.2) is 77.2 Å². The number of amides is 1. The fraction of sp³-hybridized carbons (Fsp3) is 0.552. The first kappa shape index (κ1) is 29.3. The van der Waals surface area contributed by atoms with Gasteiger partial charge in [0, 0.05) is 31.6 Å². The van der Waals surface area contributed by atoms with Crippen molar-refractivity contribution in [2.24, 2.45) is 5.73 Å². The minimum absolute atomic E-state index is 0.00685. The number of carbonyl (C=O) groups is 4. The highest BCUT2D eigenvalue weighted by molar-refractivity contribution is 6.00. The Morgan fingerprint density at radius 3 is 2.55 bits per heavy atom. The zero-order chi connectivity index (χ0) is 29.0. The summed E-state index contributed by atoms with van der Waals surface area (Å²) in [4.78, 5) is 50.5. The molecule has 11 heteroatoms. The number of nitrogens with two attached hydrogens (primary N) is 1. The highest BCUT2D eigenvalue weighted by Gasteiger charge is 2.28. The number of Topliss-reactive ketones (excluding diaryl/α,β-unsaturated/α-hetero) is 1. The summed E-state index contributed by atoms with van der Waals surface area (Å²) in [6, 6.07) is 5.40. The summed E-state index contributed by atoms with van der Waals surface area (Å²) in [5, 5.41) is 8.11. The van der Waals surface area contributed by atoms with Gasteiger partial charge >= 0.3 is 11.9 Å². The lowest BCUT2D eigenvalue weighted by Crippen LogP contribution is -2.35. The van der Waals surface area contributed by atoms with Gasteiger partial charge in [-0.15, -0.1) is 0 Å². The number of rotatable bonds is 10. The Morgan fingerprint density at radius 1 is 1.18 bits per heavy atom. The number of aromatic nitrogens is 2. The molecule has 216 valence electrons. The van der Waals surface area contributed by atoms with Gasteiger partial charge in [-0.3, -0.25) is 19.2 Å².